The summed E-state index contributed by atoms with van der Waals surface area (Å²) in [6.07, 6.45) is 1.04. The highest BCUT2D eigenvalue weighted by Crippen LogP contribution is 2.20. The minimum atomic E-state index is -0.360. The Morgan fingerprint density at radius 3 is 2.57 bits per heavy atom. The van der Waals surface area contributed by atoms with Crippen molar-refractivity contribution in [2.75, 3.05) is 0 Å². The van der Waals surface area contributed by atoms with Crippen molar-refractivity contribution in [3.63, 3.8) is 0 Å². The van der Waals surface area contributed by atoms with Gasteiger partial charge in [0, 0.05) is 16.1 Å². The predicted octanol–water partition coefficient (Wildman–Crippen LogP) is 5.08. The molecular formula is C22H23ClN4O. The van der Waals surface area contributed by atoms with E-state index in [-0.39, 0.29) is 5.91 Å². The summed E-state index contributed by atoms with van der Waals surface area (Å²) >= 11 is 6.15. The second kappa shape index (κ2) is 8.85. The van der Waals surface area contributed by atoms with Crippen molar-refractivity contribution in [2.45, 2.75) is 27.2 Å². The van der Waals surface area contributed by atoms with Crippen LogP contribution in [0.15, 0.2) is 59.7 Å². The van der Waals surface area contributed by atoms with Crippen molar-refractivity contribution in [3.8, 4) is 11.3 Å². The predicted molar refractivity (Wildman–Crippen MR) is 114 cm³/mol. The molecular weight excluding hydrogens is 372 g/mol. The van der Waals surface area contributed by atoms with E-state index in [2.05, 4.69) is 46.7 Å². The molecule has 1 heterocycles. The smallest absolute Gasteiger partial charge is 0.272 e. The van der Waals surface area contributed by atoms with Crippen LogP contribution < -0.4 is 5.43 Å². The number of nitrogens with one attached hydrogen (secondary N) is 2. The van der Waals surface area contributed by atoms with Crippen molar-refractivity contribution in [2.24, 2.45) is 11.0 Å². The average Bonchev–Trinajstić information content (AvgIpc) is 3.16. The molecule has 0 spiro atoms. The zero-order chi connectivity index (χ0) is 20.1. The Balaban J connectivity index is 1.69. The Labute approximate surface area is 169 Å². The third kappa shape index (κ3) is 4.87. The summed E-state index contributed by atoms with van der Waals surface area (Å²) in [5.74, 6) is 0.253. The zero-order valence-electron chi connectivity index (χ0n) is 16.2. The van der Waals surface area contributed by atoms with E-state index in [1.165, 1.54) is 5.56 Å². The molecule has 1 aromatic heterocycles. The van der Waals surface area contributed by atoms with E-state index in [0.717, 1.165) is 17.5 Å². The third-order valence-electron chi connectivity index (χ3n) is 4.30. The number of carbonyl (C=O) groups is 1. The number of aromatic nitrogens is 2. The average molecular weight is 395 g/mol. The van der Waals surface area contributed by atoms with Crippen molar-refractivity contribution < 1.29 is 4.79 Å². The van der Waals surface area contributed by atoms with Gasteiger partial charge in [-0.1, -0.05) is 67.9 Å². The number of rotatable bonds is 6. The van der Waals surface area contributed by atoms with Crippen molar-refractivity contribution >= 4 is 23.2 Å². The van der Waals surface area contributed by atoms with E-state index >= 15 is 0 Å². The van der Waals surface area contributed by atoms with Crippen LogP contribution in [0.5, 0.6) is 0 Å². The Kier molecular flexibility index (Phi) is 6.26. The number of hydrazone groups is 1. The lowest BCUT2D eigenvalue weighted by atomic mass is 10.0. The van der Waals surface area contributed by atoms with Gasteiger partial charge in [0.1, 0.15) is 5.69 Å². The standard InChI is InChI=1S/C22H23ClN4O/c1-14(2)12-16-8-10-17(11-9-16)20-13-21(26-25-20)22(28)27-24-15(3)18-6-4-5-7-19(18)23/h4-11,13-14H,12H2,1-3H3,(H,25,26)(H,27,28). The van der Waals surface area contributed by atoms with E-state index in [1.807, 2.05) is 30.3 Å². The number of aromatic amines is 1. The van der Waals surface area contributed by atoms with Gasteiger partial charge in [0.05, 0.1) is 11.4 Å². The Bertz CT molecular complexity index is 990. The quantitative estimate of drug-likeness (QED) is 0.452. The normalized spacial score (nSPS) is 11.7. The van der Waals surface area contributed by atoms with Crippen LogP contribution in [0.3, 0.4) is 0 Å². The molecule has 0 saturated heterocycles. The van der Waals surface area contributed by atoms with Gasteiger partial charge in [-0.3, -0.25) is 9.89 Å². The summed E-state index contributed by atoms with van der Waals surface area (Å²) in [6, 6.07) is 17.3. The molecule has 0 aliphatic heterocycles. The number of hydrogen-bond acceptors (Lipinski definition) is 3. The first-order valence-electron chi connectivity index (χ1n) is 9.18. The Morgan fingerprint density at radius 1 is 1.18 bits per heavy atom. The number of amides is 1. The van der Waals surface area contributed by atoms with Gasteiger partial charge in [0.2, 0.25) is 0 Å². The summed E-state index contributed by atoms with van der Waals surface area (Å²) in [6.45, 7) is 6.18. The SMILES string of the molecule is CC(=NNC(=O)c1cc(-c2ccc(CC(C)C)cc2)n[nH]1)c1ccccc1Cl. The summed E-state index contributed by atoms with van der Waals surface area (Å²) in [4.78, 5) is 12.4. The topological polar surface area (TPSA) is 70.1 Å². The first-order valence-corrected chi connectivity index (χ1v) is 9.56. The molecule has 0 aliphatic rings. The van der Waals surface area contributed by atoms with Gasteiger partial charge in [-0.05, 0) is 37.0 Å². The van der Waals surface area contributed by atoms with Crippen LogP contribution in [0, 0.1) is 5.92 Å². The summed E-state index contributed by atoms with van der Waals surface area (Å²) in [5, 5.41) is 11.7. The lowest BCUT2D eigenvalue weighted by molar-refractivity contribution is 0.0950. The fraction of sp³-hybridized carbons (Fsp3) is 0.227. The molecule has 144 valence electrons. The van der Waals surface area contributed by atoms with E-state index < -0.39 is 0 Å². The molecule has 0 bridgehead atoms. The molecule has 0 aliphatic carbocycles. The van der Waals surface area contributed by atoms with Gasteiger partial charge in [-0.25, -0.2) is 5.43 Å². The number of carbonyl (C=O) groups excluding carboxylic acids is 1. The van der Waals surface area contributed by atoms with Gasteiger partial charge >= 0.3 is 0 Å². The monoisotopic (exact) mass is 394 g/mol. The van der Waals surface area contributed by atoms with Gasteiger partial charge < -0.3 is 0 Å². The molecule has 0 fully saturated rings. The first-order chi connectivity index (χ1) is 13.4. The number of nitrogens with zero attached hydrogens (tertiary/aromatic N) is 2. The zero-order valence-corrected chi connectivity index (χ0v) is 16.9. The minimum absolute atomic E-state index is 0.344. The van der Waals surface area contributed by atoms with Crippen molar-refractivity contribution in [1.82, 2.24) is 15.6 Å². The van der Waals surface area contributed by atoms with Gasteiger partial charge in [0.15, 0.2) is 0 Å². The molecule has 2 N–H and O–H groups in total. The molecule has 28 heavy (non-hydrogen) atoms. The second-order valence-electron chi connectivity index (χ2n) is 7.08. The van der Waals surface area contributed by atoms with E-state index in [0.29, 0.717) is 28.0 Å². The van der Waals surface area contributed by atoms with Crippen LogP contribution >= 0.6 is 11.6 Å². The second-order valence-corrected chi connectivity index (χ2v) is 7.49. The Hall–Kier alpha value is -2.92. The highest BCUT2D eigenvalue weighted by atomic mass is 35.5. The molecule has 0 unspecified atom stereocenters. The fourth-order valence-corrected chi connectivity index (χ4v) is 3.15. The third-order valence-corrected chi connectivity index (χ3v) is 4.63. The summed E-state index contributed by atoms with van der Waals surface area (Å²) < 4.78 is 0. The molecule has 0 saturated carbocycles. The van der Waals surface area contributed by atoms with Crippen molar-refractivity contribution in [3.05, 3.63) is 76.4 Å². The van der Waals surface area contributed by atoms with Crippen LogP contribution in [0.1, 0.15) is 42.4 Å². The maximum absolute atomic E-state index is 12.4. The van der Waals surface area contributed by atoms with Crippen LogP contribution in [-0.2, 0) is 6.42 Å². The van der Waals surface area contributed by atoms with Gasteiger partial charge in [-0.2, -0.15) is 10.2 Å². The number of H-pyrrole nitrogens is 1. The number of benzene rings is 2. The molecule has 0 atom stereocenters. The molecule has 3 rings (SSSR count). The maximum atomic E-state index is 12.4. The largest absolute Gasteiger partial charge is 0.289 e. The Morgan fingerprint density at radius 2 is 1.89 bits per heavy atom. The van der Waals surface area contributed by atoms with Gasteiger partial charge in [0.25, 0.3) is 5.91 Å². The van der Waals surface area contributed by atoms with Crippen molar-refractivity contribution in [1.29, 1.82) is 0 Å². The van der Waals surface area contributed by atoms with Gasteiger partial charge in [-0.15, -0.1) is 0 Å². The van der Waals surface area contributed by atoms with E-state index in [1.54, 1.807) is 19.1 Å². The first kappa shape index (κ1) is 19.8. The lowest BCUT2D eigenvalue weighted by Gasteiger charge is -2.05. The number of hydrogen-bond donors (Lipinski definition) is 2. The molecule has 1 amide bonds. The lowest BCUT2D eigenvalue weighted by Crippen LogP contribution is -2.19. The highest BCUT2D eigenvalue weighted by molar-refractivity contribution is 6.34. The molecule has 6 heteroatoms. The summed E-state index contributed by atoms with van der Waals surface area (Å²) in [7, 11) is 0. The maximum Gasteiger partial charge on any atom is 0.289 e. The van der Waals surface area contributed by atoms with Crippen LogP contribution in [-0.4, -0.2) is 21.8 Å². The fourth-order valence-electron chi connectivity index (χ4n) is 2.88. The number of halogens is 1. The minimum Gasteiger partial charge on any atom is -0.272 e. The van der Waals surface area contributed by atoms with E-state index in [9.17, 15) is 4.79 Å². The molecule has 3 aromatic rings. The molecule has 0 radical (unpaired) electrons. The molecule has 2 aromatic carbocycles. The van der Waals surface area contributed by atoms with Crippen LogP contribution in [0.2, 0.25) is 5.02 Å². The summed E-state index contributed by atoms with van der Waals surface area (Å²) in [5.41, 5.74) is 7.24. The van der Waals surface area contributed by atoms with Crippen LogP contribution in [0.25, 0.3) is 11.3 Å². The molecule has 5 nitrogen and oxygen atoms in total. The highest BCUT2D eigenvalue weighted by Gasteiger charge is 2.11. The van der Waals surface area contributed by atoms with E-state index in [4.69, 9.17) is 11.6 Å². The van der Waals surface area contributed by atoms with Crippen LogP contribution in [0.4, 0.5) is 0 Å².